The summed E-state index contributed by atoms with van der Waals surface area (Å²) < 4.78 is 15.7. The van der Waals surface area contributed by atoms with Crippen molar-refractivity contribution >= 4 is 43.0 Å². The van der Waals surface area contributed by atoms with Crippen LogP contribution in [0, 0.1) is 0 Å². The van der Waals surface area contributed by atoms with Gasteiger partial charge in [0.05, 0.1) is 0 Å². The van der Waals surface area contributed by atoms with E-state index < -0.39 is 15.5 Å². The summed E-state index contributed by atoms with van der Waals surface area (Å²) in [4.78, 5) is 32.5. The molecule has 153 valence electrons. The predicted octanol–water partition coefficient (Wildman–Crippen LogP) is 2.64. The molecule has 0 saturated heterocycles. The Morgan fingerprint density at radius 2 is 0.609 bits per heavy atom. The Morgan fingerprint density at radius 1 is 0.609 bits per heavy atom. The summed E-state index contributed by atoms with van der Waals surface area (Å²) in [7, 11) is 0. The van der Waals surface area contributed by atoms with Gasteiger partial charge in [0.2, 0.25) is 0 Å². The Morgan fingerprint density at radius 3 is 0.609 bits per heavy atom. The first-order valence-corrected chi connectivity index (χ1v) is 5.76. The maximum atomic E-state index is 8.57. The molecule has 0 heterocycles. The number of carbonyl (C=O) groups excluding carboxylic acids is 4. The van der Waals surface area contributed by atoms with Crippen molar-refractivity contribution in [2.75, 3.05) is 0 Å². The zero-order valence-electron chi connectivity index (χ0n) is 7.64. The molecule has 0 bridgehead atoms. The average Bonchev–Trinajstić information content (AvgIpc) is 1.92. The van der Waals surface area contributed by atoms with Crippen molar-refractivity contribution in [2.24, 2.45) is 0 Å². The van der Waals surface area contributed by atoms with E-state index in [4.69, 9.17) is 27.1 Å². The number of rotatable bonds is 0. The first-order valence-electron chi connectivity index (χ1n) is 2.47. The molecule has 0 unspecified atom stereocenters. The van der Waals surface area contributed by atoms with E-state index in [1.54, 1.807) is 0 Å². The second-order valence-corrected chi connectivity index (χ2v) is 2.21. The third-order valence-electron chi connectivity index (χ3n) is 0. The van der Waals surface area contributed by atoms with Gasteiger partial charge in [-0.3, -0.25) is 0 Å². The number of hydrogen-bond acceptors (Lipinski definition) is 5. The molecule has 10 heteroatoms. The Labute approximate surface area is 159 Å². The molecule has 0 rings (SSSR count). The van der Waals surface area contributed by atoms with Crippen LogP contribution >= 0.6 is 0 Å². The summed E-state index contributed by atoms with van der Waals surface area (Å²) in [6, 6.07) is 0. The van der Waals surface area contributed by atoms with Gasteiger partial charge in [0, 0.05) is 0 Å². The van der Waals surface area contributed by atoms with Crippen LogP contribution in [0.3, 0.4) is 0 Å². The summed E-state index contributed by atoms with van der Waals surface area (Å²) in [5.41, 5.74) is 0. The van der Waals surface area contributed by atoms with Gasteiger partial charge < -0.3 is 11.0 Å². The fourth-order valence-corrected chi connectivity index (χ4v) is 0. The quantitative estimate of drug-likeness (QED) is 0.628. The van der Waals surface area contributed by atoms with Crippen LogP contribution in [0.5, 0.6) is 0 Å². The second-order valence-electron chi connectivity index (χ2n) is 0.849. The molecule has 0 saturated carbocycles. The molecule has 0 amide bonds. The molecule has 0 aliphatic carbocycles. The van der Waals surface area contributed by atoms with Crippen LogP contribution in [0.25, 0.3) is 0 Å². The van der Waals surface area contributed by atoms with Crippen LogP contribution in [0.4, 0.5) is 0 Å². The van der Waals surface area contributed by atoms with Crippen LogP contribution in [0.15, 0.2) is 0 Å². The summed E-state index contributed by atoms with van der Waals surface area (Å²) >= 11 is -0.750. The van der Waals surface area contributed by atoms with Gasteiger partial charge in [-0.15, -0.1) is 11.6 Å². The van der Waals surface area contributed by atoms with Gasteiger partial charge in [-0.1, -0.05) is 66.8 Å². The second kappa shape index (κ2) is 790. The predicted molar refractivity (Wildman–Crippen MR) is 104 cm³/mol. The maximum absolute atomic E-state index is 8.57. The van der Waals surface area contributed by atoms with Gasteiger partial charge in [0.15, 0.2) is 15.2 Å². The van der Waals surface area contributed by atoms with Gasteiger partial charge in [-0.2, -0.15) is 19.2 Å². The molecule has 0 atom stereocenters. The molecule has 0 aliphatic heterocycles. The van der Waals surface area contributed by atoms with Gasteiger partial charge in [0.1, 0.15) is 0 Å². The zero-order valence-corrected chi connectivity index (χ0v) is 9.95. The fourth-order valence-electron chi connectivity index (χ4n) is 0. The van der Waals surface area contributed by atoms with E-state index in [0.717, 1.165) is 15.2 Å². The van der Waals surface area contributed by atoms with Crippen molar-refractivity contribution in [3.63, 3.8) is 0 Å². The van der Waals surface area contributed by atoms with E-state index in [1.807, 2.05) is 0 Å². The number of hydrogen-bond donors (Lipinski definition) is 1. The zero-order chi connectivity index (χ0) is 10.8. The molecular formula is C13H47Al2O8. The molecule has 0 aromatic carbocycles. The molecule has 0 aromatic rings. The first kappa shape index (κ1) is 189. The molecule has 0 aromatic heterocycles. The van der Waals surface area contributed by atoms with Crippen molar-refractivity contribution in [1.82, 2.24) is 0 Å². The minimum absolute atomic E-state index is 0. The SMILES string of the molecule is C.C.C.C.C.C.C.C.C.O.O.O=C=O.O=C=O.[CH3][Al][CH3].[O]=[Al][OH]. The minimum atomic E-state index is -1.50. The van der Waals surface area contributed by atoms with Crippen molar-refractivity contribution in [3.05, 3.63) is 0 Å². The molecular weight excluding hydrogens is 338 g/mol. The molecule has 0 fully saturated rings. The summed E-state index contributed by atoms with van der Waals surface area (Å²) in [5, 5.41) is 0. The Hall–Kier alpha value is -0.655. The van der Waals surface area contributed by atoms with Gasteiger partial charge >= 0.3 is 35.8 Å². The molecule has 8 nitrogen and oxygen atoms in total. The topological polar surface area (TPSA) is 169 Å². The van der Waals surface area contributed by atoms with Crippen LogP contribution in [-0.4, -0.2) is 58.1 Å². The van der Waals surface area contributed by atoms with Crippen LogP contribution in [0.2, 0.25) is 11.6 Å². The van der Waals surface area contributed by atoms with Crippen molar-refractivity contribution in [1.29, 1.82) is 0 Å². The Bertz CT molecular complexity index is 124. The molecule has 1 radical (unpaired) electrons. The Balaban J connectivity index is -0.00000000246. The molecule has 0 spiro atoms. The third-order valence-corrected chi connectivity index (χ3v) is 0. The van der Waals surface area contributed by atoms with Crippen molar-refractivity contribution < 1.29 is 38.1 Å². The van der Waals surface area contributed by atoms with E-state index in [9.17, 15) is 0 Å². The van der Waals surface area contributed by atoms with Crippen LogP contribution in [-0.2, 0) is 23.0 Å². The van der Waals surface area contributed by atoms with Crippen molar-refractivity contribution in [3.8, 4) is 0 Å². The van der Waals surface area contributed by atoms with Crippen LogP contribution in [0.1, 0.15) is 66.8 Å². The molecule has 0 aliphatic rings. The monoisotopic (exact) mass is 385 g/mol. The fraction of sp³-hybridized carbons (Fsp3) is 0.846. The summed E-state index contributed by atoms with van der Waals surface area (Å²) in [6.07, 6.45) is 0.500. The Kier molecular flexibility index (Phi) is 6480. The van der Waals surface area contributed by atoms with Crippen LogP contribution < -0.4 is 0 Å². The normalized spacial score (nSPS) is 1.65. The standard InChI is InChI=1S/2CO2.9CH4.2CH3.2Al.3H2O.O/c2*2-1-3;;;;;;;;;;;;;;;;;/h;;9*1H4;2*1H3;;;3*1H2;/q;;;;;;;;;;;;;;+1;;;;/p-1. The summed E-state index contributed by atoms with van der Waals surface area (Å²) in [5.74, 6) is 4.42. The van der Waals surface area contributed by atoms with E-state index in [0.29, 0.717) is 0 Å². The third kappa shape index (κ3) is 18600. The van der Waals surface area contributed by atoms with Gasteiger partial charge in [0.25, 0.3) is 0 Å². The van der Waals surface area contributed by atoms with E-state index in [-0.39, 0.29) is 90.1 Å². The van der Waals surface area contributed by atoms with Gasteiger partial charge in [-0.05, 0) is 0 Å². The molecule has 23 heavy (non-hydrogen) atoms. The van der Waals surface area contributed by atoms with Crippen molar-refractivity contribution in [2.45, 2.75) is 78.4 Å². The van der Waals surface area contributed by atoms with E-state index >= 15 is 0 Å². The van der Waals surface area contributed by atoms with E-state index in [1.165, 1.54) is 0 Å². The first-order chi connectivity index (χ1) is 5.66. The summed E-state index contributed by atoms with van der Waals surface area (Å²) in [6.45, 7) is 0. The van der Waals surface area contributed by atoms with Gasteiger partial charge in [-0.25, -0.2) is 0 Å². The van der Waals surface area contributed by atoms with E-state index in [2.05, 4.69) is 11.6 Å². The molecule has 5 N–H and O–H groups in total. The average molecular weight is 385 g/mol.